The number of nitrogens with zero attached hydrogens (tertiary/aromatic N) is 2. The van der Waals surface area contributed by atoms with E-state index in [1.807, 2.05) is 44.4 Å². The maximum Gasteiger partial charge on any atom is 0.269 e. The zero-order valence-electron chi connectivity index (χ0n) is 16.5. The van der Waals surface area contributed by atoms with E-state index < -0.39 is 0 Å². The first-order chi connectivity index (χ1) is 13.5. The minimum atomic E-state index is -0.159. The molecule has 0 spiro atoms. The van der Waals surface area contributed by atoms with E-state index in [0.717, 1.165) is 12.1 Å². The zero-order valence-corrected chi connectivity index (χ0v) is 17.3. The number of benzene rings is 2. The summed E-state index contributed by atoms with van der Waals surface area (Å²) >= 11 is 5.37. The highest BCUT2D eigenvalue weighted by Gasteiger charge is 2.18. The highest BCUT2D eigenvalue weighted by Crippen LogP contribution is 2.19. The van der Waals surface area contributed by atoms with Gasteiger partial charge < -0.3 is 15.2 Å². The van der Waals surface area contributed by atoms with Crippen LogP contribution in [0.5, 0.6) is 0 Å². The molecule has 0 fully saturated rings. The Morgan fingerprint density at radius 2 is 1.82 bits per heavy atom. The number of aromatic nitrogens is 2. The highest BCUT2D eigenvalue weighted by molar-refractivity contribution is 7.71. The van der Waals surface area contributed by atoms with E-state index in [1.54, 1.807) is 10.8 Å². The lowest BCUT2D eigenvalue weighted by atomic mass is 10.0. The molecule has 0 saturated carbocycles. The van der Waals surface area contributed by atoms with Crippen molar-refractivity contribution < 1.29 is 4.79 Å². The fourth-order valence-corrected chi connectivity index (χ4v) is 3.49. The van der Waals surface area contributed by atoms with Crippen LogP contribution in [0, 0.1) is 4.77 Å². The number of aromatic amines is 1. The molecule has 1 atom stereocenters. The van der Waals surface area contributed by atoms with Crippen molar-refractivity contribution in [2.45, 2.75) is 19.4 Å². The van der Waals surface area contributed by atoms with Crippen LogP contribution in [0.4, 0.5) is 0 Å². The van der Waals surface area contributed by atoms with Crippen LogP contribution in [0.2, 0.25) is 0 Å². The number of hydrogen-bond donors (Lipinski definition) is 2. The standard InChI is InChI=1S/C22H26N4OS/c1-4-16-10-12-17(13-11-16)19(25(2)3)14-23-21(27)20-15-24-22(28)26(20)18-8-6-5-7-9-18/h5-13,15,19H,4,14H2,1-3H3,(H,23,27)(H,24,28). The van der Waals surface area contributed by atoms with E-state index in [9.17, 15) is 4.79 Å². The number of para-hydroxylation sites is 1. The second-order valence-corrected chi connectivity index (χ2v) is 7.32. The quantitative estimate of drug-likeness (QED) is 0.593. The van der Waals surface area contributed by atoms with Crippen LogP contribution in [-0.2, 0) is 6.42 Å². The van der Waals surface area contributed by atoms with Crippen LogP contribution < -0.4 is 5.32 Å². The predicted molar refractivity (Wildman–Crippen MR) is 116 cm³/mol. The van der Waals surface area contributed by atoms with E-state index in [2.05, 4.69) is 46.4 Å². The van der Waals surface area contributed by atoms with E-state index in [4.69, 9.17) is 12.2 Å². The molecule has 146 valence electrons. The van der Waals surface area contributed by atoms with Crippen molar-refractivity contribution in [1.29, 1.82) is 0 Å². The third kappa shape index (κ3) is 4.40. The van der Waals surface area contributed by atoms with Gasteiger partial charge in [-0.25, -0.2) is 0 Å². The van der Waals surface area contributed by atoms with Crippen molar-refractivity contribution in [3.05, 3.63) is 82.4 Å². The lowest BCUT2D eigenvalue weighted by Crippen LogP contribution is -2.35. The summed E-state index contributed by atoms with van der Waals surface area (Å²) in [5.41, 5.74) is 3.84. The second kappa shape index (κ2) is 8.99. The molecule has 1 unspecified atom stereocenters. The number of carbonyl (C=O) groups excluding carboxylic acids is 1. The van der Waals surface area contributed by atoms with Gasteiger partial charge in [0.1, 0.15) is 5.69 Å². The van der Waals surface area contributed by atoms with Gasteiger partial charge in [0.05, 0.1) is 6.04 Å². The van der Waals surface area contributed by atoms with Gasteiger partial charge in [-0.05, 0) is 56.0 Å². The average molecular weight is 395 g/mol. The molecule has 0 radical (unpaired) electrons. The number of hydrogen-bond acceptors (Lipinski definition) is 3. The first-order valence-electron chi connectivity index (χ1n) is 9.40. The first kappa shape index (κ1) is 20.0. The van der Waals surface area contributed by atoms with Gasteiger partial charge in [-0.1, -0.05) is 49.4 Å². The average Bonchev–Trinajstić information content (AvgIpc) is 3.10. The fourth-order valence-electron chi connectivity index (χ4n) is 3.22. The van der Waals surface area contributed by atoms with Crippen molar-refractivity contribution in [1.82, 2.24) is 19.8 Å². The Bertz CT molecular complexity index is 974. The molecule has 3 aromatic rings. The molecule has 0 bridgehead atoms. The topological polar surface area (TPSA) is 53.1 Å². The van der Waals surface area contributed by atoms with Crippen molar-refractivity contribution in [2.75, 3.05) is 20.6 Å². The van der Waals surface area contributed by atoms with Gasteiger partial charge in [0, 0.05) is 18.4 Å². The van der Waals surface area contributed by atoms with E-state index in [1.165, 1.54) is 11.1 Å². The predicted octanol–water partition coefficient (Wildman–Crippen LogP) is 4.13. The molecule has 0 aliphatic heterocycles. The van der Waals surface area contributed by atoms with Gasteiger partial charge in [-0.15, -0.1) is 0 Å². The van der Waals surface area contributed by atoms with E-state index in [-0.39, 0.29) is 11.9 Å². The van der Waals surface area contributed by atoms with Gasteiger partial charge >= 0.3 is 0 Å². The molecule has 28 heavy (non-hydrogen) atoms. The number of imidazole rings is 1. The number of likely N-dealkylation sites (N-methyl/N-ethyl adjacent to an activating group) is 1. The lowest BCUT2D eigenvalue weighted by Gasteiger charge is -2.25. The molecule has 6 heteroatoms. The molecule has 0 saturated heterocycles. The molecule has 2 N–H and O–H groups in total. The lowest BCUT2D eigenvalue weighted by molar-refractivity contribution is 0.0935. The fraction of sp³-hybridized carbons (Fsp3) is 0.273. The van der Waals surface area contributed by atoms with Crippen LogP contribution >= 0.6 is 12.2 Å². The molecule has 1 amide bonds. The maximum absolute atomic E-state index is 12.9. The molecule has 0 aliphatic rings. The van der Waals surface area contributed by atoms with Crippen LogP contribution in [0.3, 0.4) is 0 Å². The number of carbonyl (C=O) groups is 1. The van der Waals surface area contributed by atoms with Crippen LogP contribution in [0.15, 0.2) is 60.8 Å². The van der Waals surface area contributed by atoms with Crippen molar-refractivity contribution >= 4 is 18.1 Å². The first-order valence-corrected chi connectivity index (χ1v) is 9.81. The Kier molecular flexibility index (Phi) is 6.44. The Labute approximate surface area is 171 Å². The molecule has 1 aromatic heterocycles. The largest absolute Gasteiger partial charge is 0.349 e. The summed E-state index contributed by atoms with van der Waals surface area (Å²) < 4.78 is 2.25. The monoisotopic (exact) mass is 394 g/mol. The summed E-state index contributed by atoms with van der Waals surface area (Å²) in [6, 6.07) is 18.3. The van der Waals surface area contributed by atoms with Gasteiger partial charge in [0.25, 0.3) is 5.91 Å². The summed E-state index contributed by atoms with van der Waals surface area (Å²) in [6.45, 7) is 2.65. The summed E-state index contributed by atoms with van der Waals surface area (Å²) in [5.74, 6) is -0.159. The number of rotatable bonds is 7. The highest BCUT2D eigenvalue weighted by atomic mass is 32.1. The van der Waals surface area contributed by atoms with Crippen molar-refractivity contribution in [3.8, 4) is 5.69 Å². The third-order valence-corrected chi connectivity index (χ3v) is 5.18. The summed E-state index contributed by atoms with van der Waals surface area (Å²) in [5, 5.41) is 3.06. The van der Waals surface area contributed by atoms with Crippen molar-refractivity contribution in [2.24, 2.45) is 0 Å². The van der Waals surface area contributed by atoms with Crippen molar-refractivity contribution in [3.63, 3.8) is 0 Å². The van der Waals surface area contributed by atoms with Gasteiger partial charge in [0.2, 0.25) is 0 Å². The molecule has 5 nitrogen and oxygen atoms in total. The summed E-state index contributed by atoms with van der Waals surface area (Å²) in [6.07, 6.45) is 2.67. The molecular weight excluding hydrogens is 368 g/mol. The minimum Gasteiger partial charge on any atom is -0.349 e. The van der Waals surface area contributed by atoms with E-state index in [0.29, 0.717) is 17.0 Å². The Hall–Kier alpha value is -2.70. The van der Waals surface area contributed by atoms with Gasteiger partial charge in [-0.3, -0.25) is 9.36 Å². The Balaban J connectivity index is 1.78. The van der Waals surface area contributed by atoms with Gasteiger partial charge in [0.15, 0.2) is 4.77 Å². The summed E-state index contributed by atoms with van der Waals surface area (Å²) in [7, 11) is 4.04. The van der Waals surface area contributed by atoms with Crippen LogP contribution in [-0.4, -0.2) is 41.0 Å². The zero-order chi connectivity index (χ0) is 20.1. The number of aryl methyl sites for hydroxylation is 1. The number of nitrogens with one attached hydrogen (secondary N) is 2. The SMILES string of the molecule is CCc1ccc(C(CNC(=O)c2c[nH]c(=S)n2-c2ccccc2)N(C)C)cc1. The minimum absolute atomic E-state index is 0.0851. The Morgan fingerprint density at radius 3 is 2.43 bits per heavy atom. The van der Waals surface area contributed by atoms with Crippen LogP contribution in [0.1, 0.15) is 34.6 Å². The third-order valence-electron chi connectivity index (χ3n) is 4.88. The maximum atomic E-state index is 12.9. The number of H-pyrrole nitrogens is 1. The smallest absolute Gasteiger partial charge is 0.269 e. The van der Waals surface area contributed by atoms with Crippen LogP contribution in [0.25, 0.3) is 5.69 Å². The molecule has 1 heterocycles. The van der Waals surface area contributed by atoms with Gasteiger partial charge in [-0.2, -0.15) is 0 Å². The normalized spacial score (nSPS) is 12.1. The number of amides is 1. The summed E-state index contributed by atoms with van der Waals surface area (Å²) in [4.78, 5) is 18.0. The molecular formula is C22H26N4OS. The molecule has 0 aliphatic carbocycles. The van der Waals surface area contributed by atoms with E-state index >= 15 is 0 Å². The molecule has 3 rings (SSSR count). The molecule has 2 aromatic carbocycles. The second-order valence-electron chi connectivity index (χ2n) is 6.93. The Morgan fingerprint density at radius 1 is 1.14 bits per heavy atom.